The molecule has 0 aromatic heterocycles. The van der Waals surface area contributed by atoms with Crippen molar-refractivity contribution in [3.63, 3.8) is 0 Å². The van der Waals surface area contributed by atoms with E-state index in [-0.39, 0.29) is 36.7 Å². The predicted molar refractivity (Wildman–Crippen MR) is 299 cm³/mol. The molecule has 0 saturated carbocycles. The van der Waals surface area contributed by atoms with E-state index in [1.165, 1.54) is 77.9 Å². The largest absolute Gasteiger partial charge is 0.523 e. The summed E-state index contributed by atoms with van der Waals surface area (Å²) in [5.41, 5.74) is 18.7. The van der Waals surface area contributed by atoms with E-state index in [0.29, 0.717) is 13.1 Å². The van der Waals surface area contributed by atoms with Crippen LogP contribution in [0.25, 0.3) is 22.3 Å². The van der Waals surface area contributed by atoms with Gasteiger partial charge < -0.3 is 19.3 Å². The molecule has 0 N–H and O–H groups in total. The predicted octanol–water partition coefficient (Wildman–Crippen LogP) is 15.7. The first-order chi connectivity index (χ1) is 34.5. The van der Waals surface area contributed by atoms with Crippen molar-refractivity contribution in [1.29, 1.82) is 0 Å². The molecule has 0 aliphatic heterocycles. The second kappa shape index (κ2) is 20.7. The summed E-state index contributed by atoms with van der Waals surface area (Å²) in [6.07, 6.45) is 0. The van der Waals surface area contributed by atoms with Crippen molar-refractivity contribution < 1.29 is 35.3 Å². The molecule has 0 radical (unpaired) electrons. The molecule has 8 aromatic rings. The van der Waals surface area contributed by atoms with E-state index >= 15 is 0 Å². The van der Waals surface area contributed by atoms with Gasteiger partial charge in [-0.25, -0.2) is 0 Å². The van der Waals surface area contributed by atoms with Gasteiger partial charge in [0.25, 0.3) is 0 Å². The van der Waals surface area contributed by atoms with E-state index in [1.54, 1.807) is 0 Å². The summed E-state index contributed by atoms with van der Waals surface area (Å²) in [6, 6.07) is 66.2. The van der Waals surface area contributed by atoms with Gasteiger partial charge in [0.05, 0.1) is 0 Å². The molecule has 0 bridgehead atoms. The molecule has 8 aromatic carbocycles. The van der Waals surface area contributed by atoms with Gasteiger partial charge in [0.15, 0.2) is 0 Å². The molecule has 0 saturated heterocycles. The Hall–Kier alpha value is -6.11. The summed E-state index contributed by atoms with van der Waals surface area (Å²) >= 11 is 0. The van der Waals surface area contributed by atoms with E-state index in [2.05, 4.69) is 261 Å². The van der Waals surface area contributed by atoms with Gasteiger partial charge in [-0.05, 0) is 108 Å². The average molecular weight is 1130 g/mol. The van der Waals surface area contributed by atoms with E-state index in [9.17, 15) is 0 Å². The van der Waals surface area contributed by atoms with Crippen LogP contribution in [0.5, 0.6) is 11.5 Å². The molecule has 10 rings (SSSR count). The molecule has 5 heteroatoms. The fraction of sp³-hybridized carbons (Fsp3) is 0.265. The molecule has 0 amide bonds. The topological polar surface area (TPSA) is 24.9 Å². The number of rotatable bonds is 15. The standard InChI is InChI=1S/C68H70N2O2.Hf/c1-65(2,3)51-39-49(63(71-45-47-25-13-11-14-26-47)61(41-51)67(7)57-33-21-17-29-53(57)54-30-18-22-34-58(54)67)43-69(9)37-38-70(10)44-50-40-52(66(4,5)6)42-62(64(50)72-46-48-27-15-12-16-28-48)68(8)59-35-23-19-31-55(59)56-32-20-24-36-60(56)68;/h11-36,39-42,45-46H,37-38,43-44H2,1-10H3;/q-2;. The maximum Gasteiger partial charge on any atom is 0.118 e. The van der Waals surface area contributed by atoms with E-state index in [0.717, 1.165) is 35.7 Å². The molecule has 0 fully saturated rings. The SMILES string of the molecule is CN(CCN(C)Cc1cc(C(C)(C)C)cc(C2(C)c3ccccc3-c3ccccc32)c1O[CH-]c1ccccc1)Cc1cc(C(C)(C)C)cc(C2(C)c3ccccc3-c3ccccc32)c1O[CH-]c1ccccc1.[Hf]. The van der Waals surface area contributed by atoms with Gasteiger partial charge in [-0.15, -0.1) is 24.3 Å². The minimum atomic E-state index is -0.445. The summed E-state index contributed by atoms with van der Waals surface area (Å²) in [5, 5.41) is 0. The van der Waals surface area contributed by atoms with Crippen LogP contribution in [0.2, 0.25) is 0 Å². The fourth-order valence-corrected chi connectivity index (χ4v) is 11.4. The second-order valence-corrected chi connectivity index (χ2v) is 22.7. The normalized spacial score (nSPS) is 13.9. The summed E-state index contributed by atoms with van der Waals surface area (Å²) in [6.45, 7) is 25.7. The molecule has 0 heterocycles. The van der Waals surface area contributed by atoms with Gasteiger partial charge in [0.2, 0.25) is 0 Å². The van der Waals surface area contributed by atoms with Gasteiger partial charge in [-0.2, -0.15) is 35.4 Å². The maximum atomic E-state index is 7.07. The van der Waals surface area contributed by atoms with Gasteiger partial charge in [-0.3, -0.25) is 0 Å². The van der Waals surface area contributed by atoms with Crippen molar-refractivity contribution in [2.24, 2.45) is 0 Å². The molecule has 0 atom stereocenters. The first kappa shape index (κ1) is 51.8. The molecule has 2 aliphatic carbocycles. The van der Waals surface area contributed by atoms with Crippen LogP contribution in [0.1, 0.15) is 122 Å². The summed E-state index contributed by atoms with van der Waals surface area (Å²) in [4.78, 5) is 4.92. The van der Waals surface area contributed by atoms with Crippen LogP contribution in [-0.4, -0.2) is 37.0 Å². The Balaban J connectivity index is 0.00000656. The molecular formula is C68H70HfN2O2-2. The number of nitrogens with zero attached hydrogens (tertiary/aromatic N) is 2. The zero-order valence-electron chi connectivity index (χ0n) is 44.5. The monoisotopic (exact) mass is 1130 g/mol. The second-order valence-electron chi connectivity index (χ2n) is 22.7. The van der Waals surface area contributed by atoms with Crippen LogP contribution in [0.3, 0.4) is 0 Å². The summed E-state index contributed by atoms with van der Waals surface area (Å²) in [7, 11) is 4.50. The minimum absolute atomic E-state index is 0. The van der Waals surface area contributed by atoms with Crippen molar-refractivity contribution in [3.05, 3.63) is 262 Å². The third kappa shape index (κ3) is 9.89. The number of benzene rings is 8. The minimum Gasteiger partial charge on any atom is -0.523 e. The van der Waals surface area contributed by atoms with Gasteiger partial charge in [0.1, 0.15) is 11.5 Å². The Morgan fingerprint density at radius 3 is 0.986 bits per heavy atom. The first-order valence-electron chi connectivity index (χ1n) is 25.8. The molecule has 73 heavy (non-hydrogen) atoms. The quantitative estimate of drug-likeness (QED) is 0.0754. The van der Waals surface area contributed by atoms with Crippen molar-refractivity contribution in [3.8, 4) is 33.8 Å². The third-order valence-corrected chi connectivity index (χ3v) is 15.6. The van der Waals surface area contributed by atoms with Gasteiger partial charge in [0, 0.05) is 85.1 Å². The van der Waals surface area contributed by atoms with Crippen LogP contribution in [0.4, 0.5) is 0 Å². The third-order valence-electron chi connectivity index (χ3n) is 15.6. The molecule has 0 spiro atoms. The van der Waals surface area contributed by atoms with Crippen LogP contribution in [-0.2, 0) is 60.6 Å². The van der Waals surface area contributed by atoms with Crippen LogP contribution in [0, 0.1) is 13.2 Å². The zero-order valence-corrected chi connectivity index (χ0v) is 48.1. The van der Waals surface area contributed by atoms with E-state index < -0.39 is 10.8 Å². The molecule has 370 valence electrons. The number of likely N-dealkylation sites (N-methyl/N-ethyl adjacent to an activating group) is 2. The number of hydrogen-bond acceptors (Lipinski definition) is 4. The maximum absolute atomic E-state index is 7.07. The number of hydrogen-bond donors (Lipinski definition) is 0. The zero-order chi connectivity index (χ0) is 50.4. The smallest absolute Gasteiger partial charge is 0.118 e. The summed E-state index contributed by atoms with van der Waals surface area (Å²) < 4.78 is 14.1. The summed E-state index contributed by atoms with van der Waals surface area (Å²) in [5.74, 6) is 1.85. The van der Waals surface area contributed by atoms with Crippen LogP contribution >= 0.6 is 0 Å². The van der Waals surface area contributed by atoms with Gasteiger partial charge >= 0.3 is 0 Å². The fourth-order valence-electron chi connectivity index (χ4n) is 11.4. The van der Waals surface area contributed by atoms with Gasteiger partial charge in [-0.1, -0.05) is 175 Å². The Bertz CT molecular complexity index is 2930. The first-order valence-corrected chi connectivity index (χ1v) is 25.8. The van der Waals surface area contributed by atoms with Crippen molar-refractivity contribution >= 4 is 0 Å². The Kier molecular flexibility index (Phi) is 14.7. The van der Waals surface area contributed by atoms with Crippen molar-refractivity contribution in [1.82, 2.24) is 9.80 Å². The Morgan fingerprint density at radius 2 is 0.685 bits per heavy atom. The molecule has 0 unspecified atom stereocenters. The Labute approximate surface area is 455 Å². The average Bonchev–Trinajstić information content (AvgIpc) is 3.80. The number of ether oxygens (including phenoxy) is 2. The van der Waals surface area contributed by atoms with Crippen LogP contribution in [0.15, 0.2) is 182 Å². The number of fused-ring (bicyclic) bond motifs is 6. The molecule has 2 aliphatic rings. The Morgan fingerprint density at radius 1 is 0.397 bits per heavy atom. The van der Waals surface area contributed by atoms with Crippen LogP contribution < -0.4 is 9.47 Å². The van der Waals surface area contributed by atoms with Crippen molar-refractivity contribution in [2.45, 2.75) is 90.1 Å². The molecule has 4 nitrogen and oxygen atoms in total. The van der Waals surface area contributed by atoms with Crippen molar-refractivity contribution in [2.75, 3.05) is 27.2 Å². The van der Waals surface area contributed by atoms with E-state index in [1.807, 2.05) is 13.2 Å². The molecular weight excluding hydrogens is 1060 g/mol. The van der Waals surface area contributed by atoms with E-state index in [4.69, 9.17) is 9.47 Å².